The maximum Gasteiger partial charge on any atom is 0.404 e. The van der Waals surface area contributed by atoms with E-state index in [1.807, 2.05) is 89.2 Å². The molecule has 2 atom stereocenters. The number of benzene rings is 3. The molecule has 0 saturated heterocycles. The van der Waals surface area contributed by atoms with Gasteiger partial charge < -0.3 is 20.3 Å². The number of carbonyl (C=O) groups is 2. The van der Waals surface area contributed by atoms with Gasteiger partial charge in [-0.05, 0) is 66.0 Å². The van der Waals surface area contributed by atoms with E-state index >= 15 is 0 Å². The van der Waals surface area contributed by atoms with E-state index in [2.05, 4.69) is 4.72 Å². The number of primary amides is 1. The number of aliphatic hydroxyl groups is 1. The van der Waals surface area contributed by atoms with Gasteiger partial charge in [0.2, 0.25) is 10.0 Å². The average Bonchev–Trinajstić information content (AvgIpc) is 2.93. The fourth-order valence-corrected chi connectivity index (χ4v) is 6.79. The fraction of sp³-hybridized carbons (Fsp3) is 0.429. The zero-order valence-electron chi connectivity index (χ0n) is 27.2. The van der Waals surface area contributed by atoms with Gasteiger partial charge >= 0.3 is 6.09 Å². The van der Waals surface area contributed by atoms with Gasteiger partial charge in [0.05, 0.1) is 23.5 Å². The fourth-order valence-electron chi connectivity index (χ4n) is 5.43. The lowest BCUT2D eigenvalue weighted by molar-refractivity contribution is 0.0224. The molecule has 2 amide bonds. The molecular weight excluding hydrogens is 592 g/mol. The summed E-state index contributed by atoms with van der Waals surface area (Å²) in [5.41, 5.74) is 7.39. The number of nitrogens with one attached hydrogen (secondary N) is 1. The summed E-state index contributed by atoms with van der Waals surface area (Å²) < 4.78 is 38.4. The molecule has 10 heteroatoms. The molecule has 0 aliphatic heterocycles. The van der Waals surface area contributed by atoms with Crippen LogP contribution >= 0.6 is 0 Å². The normalized spacial score (nSPS) is 14.1. The van der Waals surface area contributed by atoms with Crippen molar-refractivity contribution in [2.45, 2.75) is 72.5 Å². The Morgan fingerprint density at radius 2 is 1.51 bits per heavy atom. The lowest BCUT2D eigenvalue weighted by Gasteiger charge is -2.46. The Morgan fingerprint density at radius 1 is 0.911 bits per heavy atom. The number of ether oxygens (including phenoxy) is 2. The molecular formula is C35H46N2O7S. The number of sulfonamides is 1. The Kier molecular flexibility index (Phi) is 11.4. The quantitative estimate of drug-likeness (QED) is 0.198. The molecule has 0 bridgehead atoms. The highest BCUT2D eigenvalue weighted by atomic mass is 32.2. The van der Waals surface area contributed by atoms with E-state index in [9.17, 15) is 23.1 Å². The Labute approximate surface area is 267 Å². The van der Waals surface area contributed by atoms with Crippen LogP contribution in [-0.4, -0.2) is 44.0 Å². The first-order valence-electron chi connectivity index (χ1n) is 15.1. The van der Waals surface area contributed by atoms with Gasteiger partial charge in [0.15, 0.2) is 0 Å². The topological polar surface area (TPSA) is 145 Å². The second kappa shape index (κ2) is 14.5. The van der Waals surface area contributed by atoms with Crippen LogP contribution in [0.15, 0.2) is 72.8 Å². The van der Waals surface area contributed by atoms with Gasteiger partial charge in [0.25, 0.3) is 5.91 Å². The van der Waals surface area contributed by atoms with E-state index in [1.165, 1.54) is 0 Å². The molecule has 0 radical (unpaired) electrons. The van der Waals surface area contributed by atoms with Crippen LogP contribution in [0, 0.1) is 11.3 Å². The van der Waals surface area contributed by atoms with Crippen molar-refractivity contribution >= 4 is 22.0 Å². The van der Waals surface area contributed by atoms with Crippen molar-refractivity contribution in [3.8, 4) is 16.9 Å². The van der Waals surface area contributed by atoms with Crippen LogP contribution in [0.2, 0.25) is 0 Å². The Bertz CT molecular complexity index is 1560. The Hall–Kier alpha value is -3.89. The van der Waals surface area contributed by atoms with E-state index in [1.54, 1.807) is 32.0 Å². The minimum atomic E-state index is -3.82. The van der Waals surface area contributed by atoms with E-state index in [4.69, 9.17) is 15.2 Å². The maximum atomic E-state index is 13.0. The summed E-state index contributed by atoms with van der Waals surface area (Å²) in [5.74, 6) is -0.816. The highest BCUT2D eigenvalue weighted by Crippen LogP contribution is 2.48. The van der Waals surface area contributed by atoms with Gasteiger partial charge in [0.1, 0.15) is 12.4 Å². The van der Waals surface area contributed by atoms with E-state index < -0.39 is 39.0 Å². The predicted octanol–water partition coefficient (Wildman–Crippen LogP) is 6.36. The SMILES string of the molecule is CC(C)CS(=O)(=O)NC(=O)c1ccc(-c2ccc(C(COC(N)=O)(C[C@@H](O)c3ccccc3)C(C)(C)C)cc2)cc1OC(C)C. The summed E-state index contributed by atoms with van der Waals surface area (Å²) in [5, 5.41) is 11.3. The molecule has 3 aromatic rings. The minimum absolute atomic E-state index is 0.0367. The number of carbonyl (C=O) groups excluding carboxylic acids is 2. The monoisotopic (exact) mass is 638 g/mol. The first-order valence-corrected chi connectivity index (χ1v) is 16.7. The van der Waals surface area contributed by atoms with Gasteiger partial charge in [-0.1, -0.05) is 95.3 Å². The minimum Gasteiger partial charge on any atom is -0.490 e. The van der Waals surface area contributed by atoms with Gasteiger partial charge in [-0.15, -0.1) is 0 Å². The van der Waals surface area contributed by atoms with Crippen molar-refractivity contribution in [1.29, 1.82) is 0 Å². The van der Waals surface area contributed by atoms with Crippen LogP contribution in [0.25, 0.3) is 11.1 Å². The predicted molar refractivity (Wildman–Crippen MR) is 176 cm³/mol. The Morgan fingerprint density at radius 3 is 2.04 bits per heavy atom. The molecule has 1 unspecified atom stereocenters. The molecule has 3 rings (SSSR count). The molecule has 0 saturated carbocycles. The van der Waals surface area contributed by atoms with Gasteiger partial charge in [-0.2, -0.15) is 0 Å². The second-order valence-corrected chi connectivity index (χ2v) is 14.9. The third-order valence-electron chi connectivity index (χ3n) is 7.78. The summed E-state index contributed by atoms with van der Waals surface area (Å²) in [7, 11) is -3.82. The molecule has 0 aliphatic rings. The molecule has 4 N–H and O–H groups in total. The van der Waals surface area contributed by atoms with E-state index in [0.29, 0.717) is 0 Å². The van der Waals surface area contributed by atoms with Crippen molar-refractivity contribution < 1.29 is 32.6 Å². The number of amides is 2. The highest BCUT2D eigenvalue weighted by molar-refractivity contribution is 7.90. The molecule has 0 fully saturated rings. The van der Waals surface area contributed by atoms with Gasteiger partial charge in [-0.25, -0.2) is 17.9 Å². The van der Waals surface area contributed by atoms with Crippen molar-refractivity contribution in [3.05, 3.63) is 89.5 Å². The third kappa shape index (κ3) is 9.31. The van der Waals surface area contributed by atoms with Crippen molar-refractivity contribution in [2.75, 3.05) is 12.4 Å². The molecule has 0 heterocycles. The molecule has 45 heavy (non-hydrogen) atoms. The molecule has 3 aromatic carbocycles. The number of aliphatic hydroxyl groups excluding tert-OH is 1. The zero-order valence-corrected chi connectivity index (χ0v) is 28.0. The third-order valence-corrected chi connectivity index (χ3v) is 9.39. The molecule has 244 valence electrons. The second-order valence-electron chi connectivity index (χ2n) is 13.1. The summed E-state index contributed by atoms with van der Waals surface area (Å²) >= 11 is 0. The first-order chi connectivity index (χ1) is 20.9. The average molecular weight is 639 g/mol. The van der Waals surface area contributed by atoms with Crippen molar-refractivity contribution in [1.82, 2.24) is 4.72 Å². The highest BCUT2D eigenvalue weighted by Gasteiger charge is 2.46. The number of hydrogen-bond donors (Lipinski definition) is 3. The largest absolute Gasteiger partial charge is 0.490 e. The number of nitrogens with two attached hydrogens (primary N) is 1. The first kappa shape index (κ1) is 35.6. The van der Waals surface area contributed by atoms with Crippen LogP contribution < -0.4 is 15.2 Å². The van der Waals surface area contributed by atoms with Crippen LogP contribution in [0.3, 0.4) is 0 Å². The molecule has 0 spiro atoms. The van der Waals surface area contributed by atoms with Crippen molar-refractivity contribution in [2.24, 2.45) is 17.1 Å². The van der Waals surface area contributed by atoms with Gasteiger partial charge in [-0.3, -0.25) is 4.79 Å². The number of rotatable bonds is 13. The Balaban J connectivity index is 2.03. The van der Waals surface area contributed by atoms with Crippen LogP contribution in [0.1, 0.15) is 82.5 Å². The van der Waals surface area contributed by atoms with Crippen LogP contribution in [0.5, 0.6) is 5.75 Å². The molecule has 9 nitrogen and oxygen atoms in total. The maximum absolute atomic E-state index is 13.0. The van der Waals surface area contributed by atoms with Crippen LogP contribution in [0.4, 0.5) is 4.79 Å². The molecule has 0 aromatic heterocycles. The van der Waals surface area contributed by atoms with E-state index in [-0.39, 0.29) is 42.1 Å². The smallest absolute Gasteiger partial charge is 0.404 e. The van der Waals surface area contributed by atoms with Crippen molar-refractivity contribution in [3.63, 3.8) is 0 Å². The van der Waals surface area contributed by atoms with E-state index in [0.717, 1.165) is 22.3 Å². The number of hydrogen-bond acceptors (Lipinski definition) is 7. The zero-order chi connectivity index (χ0) is 33.6. The lowest BCUT2D eigenvalue weighted by atomic mass is 9.60. The summed E-state index contributed by atoms with van der Waals surface area (Å²) in [6.07, 6.45) is -1.73. The summed E-state index contributed by atoms with van der Waals surface area (Å²) in [6.45, 7) is 13.2. The lowest BCUT2D eigenvalue weighted by Crippen LogP contribution is -2.46. The summed E-state index contributed by atoms with van der Waals surface area (Å²) in [4.78, 5) is 24.8. The summed E-state index contributed by atoms with van der Waals surface area (Å²) in [6, 6.07) is 22.0. The van der Waals surface area contributed by atoms with Crippen LogP contribution in [-0.2, 0) is 20.2 Å². The standard InChI is InChI=1S/C35H46N2O7S/c1-23(2)21-45(41,42)37-32(39)29-18-15-27(19-31(29)44-24(3)4)25-13-16-28(17-14-25)35(34(5,6)7,22-43-33(36)40)20-30(38)26-11-9-8-10-12-26/h8-19,23-24,30,38H,20-22H2,1-7H3,(H2,36,40)(H,37,39)/t30-,35?/m1/s1. The molecule has 0 aliphatic carbocycles. The van der Waals surface area contributed by atoms with Gasteiger partial charge in [0, 0.05) is 5.41 Å².